The lowest BCUT2D eigenvalue weighted by Gasteiger charge is -2.29. The van der Waals surface area contributed by atoms with Gasteiger partial charge in [-0.05, 0) is 31.0 Å². The highest BCUT2D eigenvalue weighted by Crippen LogP contribution is 2.25. The van der Waals surface area contributed by atoms with Gasteiger partial charge in [0, 0.05) is 34.9 Å². The highest BCUT2D eigenvalue weighted by Gasteiger charge is 2.22. The van der Waals surface area contributed by atoms with Crippen LogP contribution in [0.1, 0.15) is 25.7 Å². The Hall–Kier alpha value is -2.67. The fourth-order valence-corrected chi connectivity index (χ4v) is 3.26. The number of fused-ring (bicyclic) bond motifs is 1. The molecule has 0 saturated heterocycles. The quantitative estimate of drug-likeness (QED) is 0.588. The molecule has 0 bridgehead atoms. The molecule has 0 unspecified atom stereocenters. The first kappa shape index (κ1) is 14.9. The Kier molecular flexibility index (Phi) is 4.00. The van der Waals surface area contributed by atoms with Gasteiger partial charge in [-0.2, -0.15) is 10.1 Å². The van der Waals surface area contributed by atoms with Crippen molar-refractivity contribution in [1.82, 2.24) is 20.2 Å². The lowest BCUT2D eigenvalue weighted by Crippen LogP contribution is -2.43. The van der Waals surface area contributed by atoms with E-state index in [2.05, 4.69) is 30.8 Å². The Morgan fingerprint density at radius 2 is 2.08 bits per heavy atom. The number of aromatic amines is 1. The predicted molar refractivity (Wildman–Crippen MR) is 95.3 cm³/mol. The van der Waals surface area contributed by atoms with Crippen LogP contribution in [-0.2, 0) is 0 Å². The third-order valence-electron chi connectivity index (χ3n) is 4.55. The molecule has 2 aromatic heterocycles. The first-order valence-electron chi connectivity index (χ1n) is 8.34. The Morgan fingerprint density at radius 1 is 1.17 bits per heavy atom. The average molecular weight is 323 g/mol. The number of nitrogens with two attached hydrogens (primary N) is 1. The van der Waals surface area contributed by atoms with Crippen molar-refractivity contribution >= 4 is 28.4 Å². The molecule has 1 aliphatic carbocycles. The van der Waals surface area contributed by atoms with Gasteiger partial charge in [-0.1, -0.05) is 18.9 Å². The van der Waals surface area contributed by atoms with Crippen molar-refractivity contribution in [3.8, 4) is 0 Å². The predicted octanol–water partition coefficient (Wildman–Crippen LogP) is 2.78. The van der Waals surface area contributed by atoms with Gasteiger partial charge >= 0.3 is 0 Å². The average Bonchev–Trinajstić information content (AvgIpc) is 3.07. The van der Waals surface area contributed by atoms with Gasteiger partial charge < -0.3 is 21.4 Å². The van der Waals surface area contributed by atoms with Crippen molar-refractivity contribution in [3.05, 3.63) is 36.7 Å². The number of hydrogen-bond donors (Lipinski definition) is 4. The van der Waals surface area contributed by atoms with E-state index in [0.717, 1.165) is 29.4 Å². The SMILES string of the molecule is N[C@H]1CCCC[C@H]1Nc1nncc(Nc2cccc3[nH]ccc23)n1. The van der Waals surface area contributed by atoms with Crippen LogP contribution >= 0.6 is 0 Å². The molecular weight excluding hydrogens is 302 g/mol. The van der Waals surface area contributed by atoms with Gasteiger partial charge in [-0.25, -0.2) is 0 Å². The maximum Gasteiger partial charge on any atom is 0.244 e. The Morgan fingerprint density at radius 3 is 3.00 bits per heavy atom. The zero-order valence-electron chi connectivity index (χ0n) is 13.4. The number of nitrogens with one attached hydrogen (secondary N) is 3. The van der Waals surface area contributed by atoms with Crippen molar-refractivity contribution in [2.45, 2.75) is 37.8 Å². The fraction of sp³-hybridized carbons (Fsp3) is 0.353. The Labute approximate surface area is 140 Å². The van der Waals surface area contributed by atoms with Gasteiger partial charge in [-0.3, -0.25) is 0 Å². The van der Waals surface area contributed by atoms with Gasteiger partial charge in [0.1, 0.15) is 0 Å². The number of hydrogen-bond acceptors (Lipinski definition) is 6. The first-order chi connectivity index (χ1) is 11.8. The van der Waals surface area contributed by atoms with Crippen molar-refractivity contribution in [1.29, 1.82) is 0 Å². The van der Waals surface area contributed by atoms with Crippen LogP contribution in [-0.4, -0.2) is 32.2 Å². The van der Waals surface area contributed by atoms with Gasteiger partial charge in [0.05, 0.1) is 6.20 Å². The third kappa shape index (κ3) is 3.03. The number of rotatable bonds is 4. The molecule has 1 fully saturated rings. The molecule has 5 N–H and O–H groups in total. The maximum atomic E-state index is 6.18. The van der Waals surface area contributed by atoms with Gasteiger partial charge in [0.2, 0.25) is 5.95 Å². The van der Waals surface area contributed by atoms with Crippen LogP contribution < -0.4 is 16.4 Å². The second-order valence-electron chi connectivity index (χ2n) is 6.23. The van der Waals surface area contributed by atoms with Crippen LogP contribution in [0.4, 0.5) is 17.5 Å². The summed E-state index contributed by atoms with van der Waals surface area (Å²) in [7, 11) is 0. The molecule has 1 saturated carbocycles. The van der Waals surface area contributed by atoms with E-state index in [1.807, 2.05) is 30.5 Å². The molecule has 1 aliphatic rings. The van der Waals surface area contributed by atoms with Crippen molar-refractivity contribution in [2.24, 2.45) is 5.73 Å². The van der Waals surface area contributed by atoms with Crippen LogP contribution in [0.15, 0.2) is 36.7 Å². The van der Waals surface area contributed by atoms with E-state index in [-0.39, 0.29) is 12.1 Å². The molecule has 1 aromatic carbocycles. The number of anilines is 3. The zero-order valence-corrected chi connectivity index (χ0v) is 13.4. The molecule has 0 spiro atoms. The molecule has 7 heteroatoms. The van der Waals surface area contributed by atoms with Crippen molar-refractivity contribution < 1.29 is 0 Å². The van der Waals surface area contributed by atoms with E-state index in [4.69, 9.17) is 5.73 Å². The normalized spacial score (nSPS) is 20.9. The number of H-pyrrole nitrogens is 1. The smallest absolute Gasteiger partial charge is 0.244 e. The topological polar surface area (TPSA) is 105 Å². The summed E-state index contributed by atoms with van der Waals surface area (Å²) < 4.78 is 0. The molecule has 2 atom stereocenters. The number of nitrogens with zero attached hydrogens (tertiary/aromatic N) is 3. The van der Waals surface area contributed by atoms with Crippen LogP contribution in [0, 0.1) is 0 Å². The standard InChI is InChI=1S/C17H21N7/c18-12-4-1-2-5-15(12)22-17-23-16(10-20-24-17)21-14-7-3-6-13-11(14)8-9-19-13/h3,6-10,12,15,19H,1-2,4-5,18H2,(H2,21,22,23,24)/t12-,15+/m0/s1. The highest BCUT2D eigenvalue weighted by molar-refractivity contribution is 5.93. The summed E-state index contributed by atoms with van der Waals surface area (Å²) in [5, 5.41) is 15.9. The Bertz CT molecular complexity index is 828. The highest BCUT2D eigenvalue weighted by atomic mass is 15.3. The van der Waals surface area contributed by atoms with Crippen LogP contribution in [0.2, 0.25) is 0 Å². The van der Waals surface area contributed by atoms with E-state index in [1.165, 1.54) is 12.8 Å². The third-order valence-corrected chi connectivity index (χ3v) is 4.55. The monoisotopic (exact) mass is 323 g/mol. The first-order valence-corrected chi connectivity index (χ1v) is 8.34. The van der Waals surface area contributed by atoms with E-state index in [9.17, 15) is 0 Å². The molecule has 4 rings (SSSR count). The summed E-state index contributed by atoms with van der Waals surface area (Å²) >= 11 is 0. The van der Waals surface area contributed by atoms with E-state index in [0.29, 0.717) is 11.8 Å². The van der Waals surface area contributed by atoms with Crippen LogP contribution in [0.25, 0.3) is 10.9 Å². The lowest BCUT2D eigenvalue weighted by atomic mass is 9.91. The number of benzene rings is 1. The molecule has 0 amide bonds. The van der Waals surface area contributed by atoms with E-state index in [1.54, 1.807) is 6.20 Å². The zero-order chi connectivity index (χ0) is 16.4. The van der Waals surface area contributed by atoms with Gasteiger partial charge in [0.15, 0.2) is 5.82 Å². The van der Waals surface area contributed by atoms with Crippen LogP contribution in [0.5, 0.6) is 0 Å². The van der Waals surface area contributed by atoms with E-state index < -0.39 is 0 Å². The van der Waals surface area contributed by atoms with Crippen molar-refractivity contribution in [2.75, 3.05) is 10.6 Å². The maximum absolute atomic E-state index is 6.18. The fourth-order valence-electron chi connectivity index (χ4n) is 3.26. The van der Waals surface area contributed by atoms with Crippen LogP contribution in [0.3, 0.4) is 0 Å². The molecule has 124 valence electrons. The summed E-state index contributed by atoms with van der Waals surface area (Å²) in [5.41, 5.74) is 8.24. The molecular formula is C17H21N7. The molecule has 3 aromatic rings. The minimum atomic E-state index is 0.146. The Balaban J connectivity index is 1.53. The van der Waals surface area contributed by atoms with Gasteiger partial charge in [-0.15, -0.1) is 5.10 Å². The summed E-state index contributed by atoms with van der Waals surface area (Å²) in [6.45, 7) is 0. The number of aromatic nitrogens is 4. The summed E-state index contributed by atoms with van der Waals surface area (Å²) in [6.07, 6.45) is 8.01. The van der Waals surface area contributed by atoms with E-state index >= 15 is 0 Å². The summed E-state index contributed by atoms with van der Waals surface area (Å²) in [5.74, 6) is 1.18. The molecule has 0 aliphatic heterocycles. The largest absolute Gasteiger partial charge is 0.361 e. The minimum absolute atomic E-state index is 0.146. The molecule has 24 heavy (non-hydrogen) atoms. The molecule has 0 radical (unpaired) electrons. The summed E-state index contributed by atoms with van der Waals surface area (Å²) in [6, 6.07) is 8.44. The lowest BCUT2D eigenvalue weighted by molar-refractivity contribution is 0.402. The second kappa shape index (κ2) is 6.45. The minimum Gasteiger partial charge on any atom is -0.361 e. The second-order valence-corrected chi connectivity index (χ2v) is 6.23. The molecule has 7 nitrogen and oxygen atoms in total. The molecule has 2 heterocycles. The van der Waals surface area contributed by atoms with Gasteiger partial charge in [0.25, 0.3) is 0 Å². The summed E-state index contributed by atoms with van der Waals surface area (Å²) in [4.78, 5) is 7.73. The van der Waals surface area contributed by atoms with Crippen molar-refractivity contribution in [3.63, 3.8) is 0 Å².